The van der Waals surface area contributed by atoms with Crippen molar-refractivity contribution in [3.63, 3.8) is 0 Å². The van der Waals surface area contributed by atoms with Gasteiger partial charge in [0.15, 0.2) is 0 Å². The van der Waals surface area contributed by atoms with E-state index < -0.39 is 0 Å². The number of aryl methyl sites for hydroxylation is 1. The Hall–Kier alpha value is -1.55. The summed E-state index contributed by atoms with van der Waals surface area (Å²) in [5.41, 5.74) is 7.41. The third-order valence-corrected chi connectivity index (χ3v) is 3.24. The Kier molecular flexibility index (Phi) is 3.80. The maximum Gasteiger partial charge on any atom is 0.131 e. The fourth-order valence-corrected chi connectivity index (χ4v) is 2.31. The van der Waals surface area contributed by atoms with Crippen LogP contribution in [0.2, 0.25) is 5.02 Å². The minimum absolute atomic E-state index is 0.320. The number of nitrogen functional groups attached to an aromatic ring is 1. The highest BCUT2D eigenvalue weighted by Crippen LogP contribution is 2.32. The largest absolute Gasteiger partial charge is 0.383 e. The van der Waals surface area contributed by atoms with Gasteiger partial charge in [-0.15, -0.1) is 0 Å². The van der Waals surface area contributed by atoms with Crippen LogP contribution in [0.4, 0.5) is 10.2 Å². The molecule has 2 N–H and O–H groups in total. The molecule has 1 aromatic carbocycles. The standard InChI is InChI=1S/C14H17ClFN3/c1-8(2)7-19-9(3)18-13(14(19)17)11-5-4-10(16)6-12(11)15/h4-6,8H,7,17H2,1-3H3. The molecule has 0 aliphatic heterocycles. The zero-order valence-corrected chi connectivity index (χ0v) is 12.0. The molecule has 2 aromatic rings. The minimum atomic E-state index is -0.370. The molecule has 0 spiro atoms. The molecule has 5 heteroatoms. The Labute approximate surface area is 117 Å². The van der Waals surface area contributed by atoms with Crippen molar-refractivity contribution in [1.29, 1.82) is 0 Å². The topological polar surface area (TPSA) is 43.8 Å². The van der Waals surface area contributed by atoms with E-state index in [-0.39, 0.29) is 5.82 Å². The Bertz CT molecular complexity index is 605. The molecule has 1 heterocycles. The molecule has 3 nitrogen and oxygen atoms in total. The van der Waals surface area contributed by atoms with Gasteiger partial charge >= 0.3 is 0 Å². The maximum atomic E-state index is 13.1. The first-order valence-electron chi connectivity index (χ1n) is 6.18. The second-order valence-corrected chi connectivity index (χ2v) is 5.43. The molecule has 0 saturated carbocycles. The quantitative estimate of drug-likeness (QED) is 0.927. The van der Waals surface area contributed by atoms with E-state index in [2.05, 4.69) is 18.8 Å². The van der Waals surface area contributed by atoms with Crippen LogP contribution >= 0.6 is 11.6 Å². The van der Waals surface area contributed by atoms with E-state index >= 15 is 0 Å². The van der Waals surface area contributed by atoms with Gasteiger partial charge in [0, 0.05) is 12.1 Å². The molecular weight excluding hydrogens is 265 g/mol. The number of hydrogen-bond acceptors (Lipinski definition) is 2. The van der Waals surface area contributed by atoms with Crippen molar-refractivity contribution in [3.8, 4) is 11.3 Å². The molecule has 0 unspecified atom stereocenters. The smallest absolute Gasteiger partial charge is 0.131 e. The number of aromatic nitrogens is 2. The monoisotopic (exact) mass is 281 g/mol. The predicted molar refractivity (Wildman–Crippen MR) is 76.6 cm³/mol. The van der Waals surface area contributed by atoms with Crippen LogP contribution in [-0.4, -0.2) is 9.55 Å². The summed E-state index contributed by atoms with van der Waals surface area (Å²) in [4.78, 5) is 4.46. The molecule has 102 valence electrons. The molecule has 0 amide bonds. The number of benzene rings is 1. The van der Waals surface area contributed by atoms with Crippen LogP contribution in [0.25, 0.3) is 11.3 Å². The highest BCUT2D eigenvalue weighted by molar-refractivity contribution is 6.33. The van der Waals surface area contributed by atoms with Crippen LogP contribution in [0, 0.1) is 18.7 Å². The molecule has 2 rings (SSSR count). The second kappa shape index (κ2) is 5.21. The van der Waals surface area contributed by atoms with Crippen molar-refractivity contribution in [3.05, 3.63) is 34.9 Å². The maximum absolute atomic E-state index is 13.1. The average Bonchev–Trinajstić information content (AvgIpc) is 2.57. The van der Waals surface area contributed by atoms with Crippen LogP contribution in [0.3, 0.4) is 0 Å². The minimum Gasteiger partial charge on any atom is -0.383 e. The molecule has 0 saturated heterocycles. The highest BCUT2D eigenvalue weighted by atomic mass is 35.5. The Morgan fingerprint density at radius 1 is 1.42 bits per heavy atom. The Morgan fingerprint density at radius 3 is 2.68 bits per heavy atom. The third-order valence-electron chi connectivity index (χ3n) is 2.93. The molecule has 19 heavy (non-hydrogen) atoms. The van der Waals surface area contributed by atoms with Gasteiger partial charge in [-0.25, -0.2) is 9.37 Å². The first-order chi connectivity index (χ1) is 8.90. The lowest BCUT2D eigenvalue weighted by atomic mass is 10.1. The van der Waals surface area contributed by atoms with Gasteiger partial charge < -0.3 is 10.3 Å². The summed E-state index contributed by atoms with van der Waals surface area (Å²) in [6.45, 7) is 6.93. The van der Waals surface area contributed by atoms with E-state index in [0.717, 1.165) is 12.4 Å². The van der Waals surface area contributed by atoms with Gasteiger partial charge in [0.25, 0.3) is 0 Å². The fourth-order valence-electron chi connectivity index (χ4n) is 2.06. The van der Waals surface area contributed by atoms with Gasteiger partial charge in [-0.2, -0.15) is 0 Å². The SMILES string of the molecule is Cc1nc(-c2ccc(F)cc2Cl)c(N)n1CC(C)C. The molecule has 1 aromatic heterocycles. The Balaban J connectivity index is 2.51. The van der Waals surface area contributed by atoms with Gasteiger partial charge in [0.2, 0.25) is 0 Å². The van der Waals surface area contributed by atoms with Crippen molar-refractivity contribution in [2.75, 3.05) is 5.73 Å². The third kappa shape index (κ3) is 2.73. The zero-order valence-electron chi connectivity index (χ0n) is 11.2. The summed E-state index contributed by atoms with van der Waals surface area (Å²) in [5.74, 6) is 1.50. The van der Waals surface area contributed by atoms with Crippen LogP contribution < -0.4 is 5.73 Å². The summed E-state index contributed by atoms with van der Waals surface area (Å²) >= 11 is 6.06. The van der Waals surface area contributed by atoms with Crippen molar-refractivity contribution in [2.24, 2.45) is 5.92 Å². The number of nitrogens with zero attached hydrogens (tertiary/aromatic N) is 2. The number of anilines is 1. The van der Waals surface area contributed by atoms with E-state index in [0.29, 0.717) is 28.0 Å². The molecule has 0 atom stereocenters. The van der Waals surface area contributed by atoms with Gasteiger partial charge in [0.05, 0.1) is 5.02 Å². The van der Waals surface area contributed by atoms with Crippen molar-refractivity contribution in [1.82, 2.24) is 9.55 Å². The first-order valence-corrected chi connectivity index (χ1v) is 6.56. The second-order valence-electron chi connectivity index (χ2n) is 5.02. The molecule has 0 radical (unpaired) electrons. The number of imidazole rings is 1. The van der Waals surface area contributed by atoms with Crippen LogP contribution in [0.5, 0.6) is 0 Å². The van der Waals surface area contributed by atoms with E-state index in [9.17, 15) is 4.39 Å². The molecule has 0 aliphatic carbocycles. The predicted octanol–water partition coefficient (Wildman–Crippen LogP) is 3.89. The van der Waals surface area contributed by atoms with Crippen LogP contribution in [-0.2, 0) is 6.54 Å². The lowest BCUT2D eigenvalue weighted by Gasteiger charge is -2.10. The molecule has 0 aliphatic rings. The van der Waals surface area contributed by atoms with Gasteiger partial charge in [-0.1, -0.05) is 25.4 Å². The summed E-state index contributed by atoms with van der Waals surface area (Å²) in [6, 6.07) is 4.24. The summed E-state index contributed by atoms with van der Waals surface area (Å²) in [6.07, 6.45) is 0. The number of nitrogens with two attached hydrogens (primary N) is 1. The molecule has 0 bridgehead atoms. The lowest BCUT2D eigenvalue weighted by molar-refractivity contribution is 0.518. The van der Waals surface area contributed by atoms with Crippen molar-refractivity contribution < 1.29 is 4.39 Å². The highest BCUT2D eigenvalue weighted by Gasteiger charge is 2.16. The van der Waals surface area contributed by atoms with Gasteiger partial charge in [0.1, 0.15) is 23.2 Å². The lowest BCUT2D eigenvalue weighted by Crippen LogP contribution is -2.09. The number of hydrogen-bond donors (Lipinski definition) is 1. The summed E-state index contributed by atoms with van der Waals surface area (Å²) < 4.78 is 15.0. The van der Waals surface area contributed by atoms with Crippen molar-refractivity contribution in [2.45, 2.75) is 27.3 Å². The first kappa shape index (κ1) is 13.9. The van der Waals surface area contributed by atoms with E-state index in [4.69, 9.17) is 17.3 Å². The van der Waals surface area contributed by atoms with E-state index in [1.807, 2.05) is 11.5 Å². The van der Waals surface area contributed by atoms with E-state index in [1.54, 1.807) is 6.07 Å². The Morgan fingerprint density at radius 2 is 2.11 bits per heavy atom. The van der Waals surface area contributed by atoms with E-state index in [1.165, 1.54) is 12.1 Å². The van der Waals surface area contributed by atoms with Crippen LogP contribution in [0.1, 0.15) is 19.7 Å². The molecule has 0 fully saturated rings. The summed E-state index contributed by atoms with van der Waals surface area (Å²) in [5, 5.41) is 0.320. The van der Waals surface area contributed by atoms with Crippen molar-refractivity contribution >= 4 is 17.4 Å². The van der Waals surface area contributed by atoms with Gasteiger partial charge in [-0.05, 0) is 31.0 Å². The summed E-state index contributed by atoms with van der Waals surface area (Å²) in [7, 11) is 0. The number of rotatable bonds is 3. The zero-order chi connectivity index (χ0) is 14.2. The van der Waals surface area contributed by atoms with Gasteiger partial charge in [-0.3, -0.25) is 0 Å². The molecular formula is C14H17ClFN3. The van der Waals surface area contributed by atoms with Crippen LogP contribution in [0.15, 0.2) is 18.2 Å². The number of halogens is 2. The average molecular weight is 282 g/mol. The fraction of sp³-hybridized carbons (Fsp3) is 0.357. The normalized spacial score (nSPS) is 11.3.